The van der Waals surface area contributed by atoms with Crippen LogP contribution in [-0.2, 0) is 9.53 Å². The SMILES string of the molecule is O=C(O)CCOC(c1ccc(Cl)cc1)C(F)(F)F. The number of halogens is 4. The zero-order valence-electron chi connectivity index (χ0n) is 9.08. The molecule has 0 radical (unpaired) electrons. The molecule has 7 heteroatoms. The maximum atomic E-state index is 12.7. The number of carbonyl (C=O) groups is 1. The van der Waals surface area contributed by atoms with Crippen molar-refractivity contribution in [1.29, 1.82) is 0 Å². The molecule has 1 N–H and O–H groups in total. The molecule has 0 bridgehead atoms. The molecule has 3 nitrogen and oxygen atoms in total. The molecule has 18 heavy (non-hydrogen) atoms. The summed E-state index contributed by atoms with van der Waals surface area (Å²) < 4.78 is 42.8. The number of aliphatic carboxylic acids is 1. The predicted molar refractivity (Wildman–Crippen MR) is 58.5 cm³/mol. The Morgan fingerprint density at radius 2 is 1.89 bits per heavy atom. The Balaban J connectivity index is 2.79. The van der Waals surface area contributed by atoms with Crippen LogP contribution >= 0.6 is 11.6 Å². The van der Waals surface area contributed by atoms with Crippen LogP contribution in [-0.4, -0.2) is 23.9 Å². The number of hydrogen-bond donors (Lipinski definition) is 1. The Labute approximate surface area is 106 Å². The number of rotatable bonds is 5. The van der Waals surface area contributed by atoms with E-state index in [9.17, 15) is 18.0 Å². The minimum Gasteiger partial charge on any atom is -0.481 e. The highest BCUT2D eigenvalue weighted by Crippen LogP contribution is 2.36. The molecule has 0 heterocycles. The number of benzene rings is 1. The second-order valence-electron chi connectivity index (χ2n) is 3.49. The molecule has 0 aliphatic carbocycles. The average Bonchev–Trinajstić information content (AvgIpc) is 2.24. The van der Waals surface area contributed by atoms with Gasteiger partial charge in [0.15, 0.2) is 6.10 Å². The van der Waals surface area contributed by atoms with Gasteiger partial charge < -0.3 is 9.84 Å². The summed E-state index contributed by atoms with van der Waals surface area (Å²) in [5.41, 5.74) is -0.114. The molecular weight excluding hydrogens is 273 g/mol. The summed E-state index contributed by atoms with van der Waals surface area (Å²) in [7, 11) is 0. The quantitative estimate of drug-likeness (QED) is 0.900. The molecule has 1 atom stereocenters. The van der Waals surface area contributed by atoms with Crippen molar-refractivity contribution < 1.29 is 27.8 Å². The molecule has 1 unspecified atom stereocenters. The van der Waals surface area contributed by atoms with Crippen molar-refractivity contribution in [3.63, 3.8) is 0 Å². The molecule has 0 aliphatic rings. The van der Waals surface area contributed by atoms with E-state index in [-0.39, 0.29) is 5.56 Å². The molecule has 0 aliphatic heterocycles. The van der Waals surface area contributed by atoms with Gasteiger partial charge in [-0.1, -0.05) is 23.7 Å². The minimum atomic E-state index is -4.60. The Bertz CT molecular complexity index is 403. The fourth-order valence-electron chi connectivity index (χ4n) is 1.28. The lowest BCUT2D eigenvalue weighted by molar-refractivity contribution is -0.224. The van der Waals surface area contributed by atoms with E-state index in [1.807, 2.05) is 0 Å². The smallest absolute Gasteiger partial charge is 0.418 e. The number of carboxylic acids is 1. The summed E-state index contributed by atoms with van der Waals surface area (Å²) in [6, 6.07) is 5.02. The Kier molecular flexibility index (Phi) is 4.98. The van der Waals surface area contributed by atoms with Crippen molar-refractivity contribution in [2.24, 2.45) is 0 Å². The summed E-state index contributed by atoms with van der Waals surface area (Å²) >= 11 is 5.58. The number of alkyl halides is 3. The van der Waals surface area contributed by atoms with E-state index in [1.165, 1.54) is 24.3 Å². The maximum absolute atomic E-state index is 12.7. The first-order chi connectivity index (χ1) is 8.30. The second kappa shape index (κ2) is 6.06. The monoisotopic (exact) mass is 282 g/mol. The first-order valence-electron chi connectivity index (χ1n) is 4.96. The third-order valence-electron chi connectivity index (χ3n) is 2.07. The van der Waals surface area contributed by atoms with E-state index in [2.05, 4.69) is 4.74 Å². The van der Waals surface area contributed by atoms with Crippen LogP contribution < -0.4 is 0 Å². The summed E-state index contributed by atoms with van der Waals surface area (Å²) in [4.78, 5) is 10.2. The molecule has 0 aromatic heterocycles. The van der Waals surface area contributed by atoms with Gasteiger partial charge in [-0.3, -0.25) is 4.79 Å². The van der Waals surface area contributed by atoms with Gasteiger partial charge in [-0.05, 0) is 17.7 Å². The Hall–Kier alpha value is -1.27. The molecule has 0 spiro atoms. The molecule has 100 valence electrons. The van der Waals surface area contributed by atoms with E-state index < -0.39 is 31.3 Å². The van der Waals surface area contributed by atoms with E-state index >= 15 is 0 Å². The van der Waals surface area contributed by atoms with Crippen molar-refractivity contribution in [2.45, 2.75) is 18.7 Å². The molecule has 0 saturated carbocycles. The average molecular weight is 283 g/mol. The van der Waals surface area contributed by atoms with Crippen LogP contribution in [0.15, 0.2) is 24.3 Å². The van der Waals surface area contributed by atoms with Gasteiger partial charge in [-0.15, -0.1) is 0 Å². The standard InChI is InChI=1S/C11H10ClF3O3/c12-8-3-1-7(2-4-8)10(11(13,14)15)18-6-5-9(16)17/h1-4,10H,5-6H2,(H,16,17). The van der Waals surface area contributed by atoms with Gasteiger partial charge in [0.25, 0.3) is 0 Å². The van der Waals surface area contributed by atoms with Gasteiger partial charge in [-0.25, -0.2) is 0 Å². The molecule has 0 saturated heterocycles. The zero-order valence-corrected chi connectivity index (χ0v) is 9.83. The van der Waals surface area contributed by atoms with Gasteiger partial charge in [0.2, 0.25) is 0 Å². The minimum absolute atomic E-state index is 0.114. The molecule has 0 fully saturated rings. The van der Waals surface area contributed by atoms with Gasteiger partial charge >= 0.3 is 12.1 Å². The third kappa shape index (κ3) is 4.54. The summed E-state index contributed by atoms with van der Waals surface area (Å²) in [5.74, 6) is -1.22. The summed E-state index contributed by atoms with van der Waals surface area (Å²) in [5, 5.41) is 8.67. The summed E-state index contributed by atoms with van der Waals surface area (Å²) in [6.07, 6.45) is -7.24. The van der Waals surface area contributed by atoms with Gasteiger partial charge in [0, 0.05) is 5.02 Å². The van der Waals surface area contributed by atoms with Crippen molar-refractivity contribution in [3.05, 3.63) is 34.9 Å². The largest absolute Gasteiger partial charge is 0.481 e. The van der Waals surface area contributed by atoms with Crippen molar-refractivity contribution in [2.75, 3.05) is 6.61 Å². The molecule has 1 rings (SSSR count). The summed E-state index contributed by atoms with van der Waals surface area (Å²) in [6.45, 7) is -0.512. The first kappa shape index (κ1) is 14.8. The lowest BCUT2D eigenvalue weighted by Crippen LogP contribution is -2.24. The maximum Gasteiger partial charge on any atom is 0.418 e. The topological polar surface area (TPSA) is 46.5 Å². The van der Waals surface area contributed by atoms with E-state index in [0.717, 1.165) is 0 Å². The van der Waals surface area contributed by atoms with Crippen molar-refractivity contribution in [3.8, 4) is 0 Å². The second-order valence-corrected chi connectivity index (χ2v) is 3.92. The fraction of sp³-hybridized carbons (Fsp3) is 0.364. The lowest BCUT2D eigenvalue weighted by Gasteiger charge is -2.21. The number of carboxylic acid groups (broad SMARTS) is 1. The highest BCUT2D eigenvalue weighted by molar-refractivity contribution is 6.30. The zero-order chi connectivity index (χ0) is 13.8. The highest BCUT2D eigenvalue weighted by atomic mass is 35.5. The molecule has 1 aromatic carbocycles. The predicted octanol–water partition coefficient (Wildman–Crippen LogP) is 3.43. The molecule has 0 amide bonds. The fourth-order valence-corrected chi connectivity index (χ4v) is 1.41. The lowest BCUT2D eigenvalue weighted by atomic mass is 10.1. The molecule has 1 aromatic rings. The van der Waals surface area contributed by atoms with E-state index in [4.69, 9.17) is 16.7 Å². The normalized spacial score (nSPS) is 13.3. The Morgan fingerprint density at radius 3 is 2.33 bits per heavy atom. The van der Waals surface area contributed by atoms with Gasteiger partial charge in [0.05, 0.1) is 13.0 Å². The highest BCUT2D eigenvalue weighted by Gasteiger charge is 2.41. The Morgan fingerprint density at radius 1 is 1.33 bits per heavy atom. The first-order valence-corrected chi connectivity index (χ1v) is 5.34. The van der Waals surface area contributed by atoms with Crippen LogP contribution in [0.2, 0.25) is 5.02 Å². The van der Waals surface area contributed by atoms with Crippen LogP contribution in [0.25, 0.3) is 0 Å². The van der Waals surface area contributed by atoms with Crippen LogP contribution in [0.4, 0.5) is 13.2 Å². The van der Waals surface area contributed by atoms with Gasteiger partial charge in [0.1, 0.15) is 0 Å². The third-order valence-corrected chi connectivity index (χ3v) is 2.32. The van der Waals surface area contributed by atoms with E-state index in [0.29, 0.717) is 5.02 Å². The van der Waals surface area contributed by atoms with Crippen molar-refractivity contribution >= 4 is 17.6 Å². The molecular formula is C11H10ClF3O3. The van der Waals surface area contributed by atoms with Crippen LogP contribution in [0.3, 0.4) is 0 Å². The van der Waals surface area contributed by atoms with Gasteiger partial charge in [-0.2, -0.15) is 13.2 Å². The number of ether oxygens (including phenoxy) is 1. The van der Waals surface area contributed by atoms with Crippen LogP contribution in [0, 0.1) is 0 Å². The van der Waals surface area contributed by atoms with Crippen LogP contribution in [0.5, 0.6) is 0 Å². The van der Waals surface area contributed by atoms with Crippen LogP contribution in [0.1, 0.15) is 18.1 Å². The van der Waals surface area contributed by atoms with Crippen molar-refractivity contribution in [1.82, 2.24) is 0 Å². The number of hydrogen-bond acceptors (Lipinski definition) is 2. The van der Waals surface area contributed by atoms with E-state index in [1.54, 1.807) is 0 Å².